The van der Waals surface area contributed by atoms with Crippen molar-refractivity contribution in [2.24, 2.45) is 5.92 Å². The predicted molar refractivity (Wildman–Crippen MR) is 71.1 cm³/mol. The Bertz CT molecular complexity index is 256. The van der Waals surface area contributed by atoms with Crippen LogP contribution >= 0.6 is 11.8 Å². The number of carbonyl (C=O) groups is 1. The van der Waals surface area contributed by atoms with Crippen molar-refractivity contribution < 1.29 is 9.90 Å². The van der Waals surface area contributed by atoms with Gasteiger partial charge in [0.15, 0.2) is 0 Å². The summed E-state index contributed by atoms with van der Waals surface area (Å²) in [6.07, 6.45) is 7.76. The molecule has 0 bridgehead atoms. The zero-order valence-corrected chi connectivity index (χ0v) is 11.2. The minimum Gasteiger partial charge on any atom is -0.387 e. The summed E-state index contributed by atoms with van der Waals surface area (Å²) >= 11 is 1.77. The van der Waals surface area contributed by atoms with Gasteiger partial charge >= 0.3 is 0 Å². The van der Waals surface area contributed by atoms with Crippen LogP contribution in [-0.4, -0.2) is 34.7 Å². The maximum Gasteiger partial charge on any atom is 0.223 e. The van der Waals surface area contributed by atoms with E-state index in [0.29, 0.717) is 6.54 Å². The molecule has 0 aromatic heterocycles. The molecule has 1 heterocycles. The number of rotatable bonds is 3. The summed E-state index contributed by atoms with van der Waals surface area (Å²) in [5.74, 6) is 2.13. The Hall–Kier alpha value is -0.220. The molecule has 1 atom stereocenters. The van der Waals surface area contributed by atoms with E-state index in [1.54, 1.807) is 11.8 Å². The predicted octanol–water partition coefficient (Wildman–Crippen LogP) is 1.94. The summed E-state index contributed by atoms with van der Waals surface area (Å²) in [7, 11) is 0. The highest BCUT2D eigenvalue weighted by Crippen LogP contribution is 2.27. The summed E-state index contributed by atoms with van der Waals surface area (Å²) in [5.41, 5.74) is -0.648. The van der Waals surface area contributed by atoms with Gasteiger partial charge in [-0.25, -0.2) is 0 Å². The van der Waals surface area contributed by atoms with Crippen LogP contribution in [0.4, 0.5) is 0 Å². The SMILES string of the molecule is O=C(NCC1(O)CCSC1)C1CCCCCC1. The minimum atomic E-state index is -0.648. The van der Waals surface area contributed by atoms with E-state index in [0.717, 1.165) is 30.8 Å². The fourth-order valence-electron chi connectivity index (χ4n) is 2.67. The van der Waals surface area contributed by atoms with Crippen molar-refractivity contribution >= 4 is 17.7 Å². The average molecular weight is 257 g/mol. The number of amides is 1. The van der Waals surface area contributed by atoms with Gasteiger partial charge in [0.1, 0.15) is 0 Å². The Labute approximate surface area is 108 Å². The van der Waals surface area contributed by atoms with E-state index < -0.39 is 5.60 Å². The highest BCUT2D eigenvalue weighted by atomic mass is 32.2. The first kappa shape index (κ1) is 13.2. The average Bonchev–Trinajstić information content (AvgIpc) is 2.60. The van der Waals surface area contributed by atoms with Gasteiger partial charge in [0.2, 0.25) is 5.91 Å². The van der Waals surface area contributed by atoms with E-state index in [1.807, 2.05) is 0 Å². The Morgan fingerprint density at radius 1 is 1.29 bits per heavy atom. The second-order valence-corrected chi connectivity index (χ2v) is 6.54. The van der Waals surface area contributed by atoms with Crippen LogP contribution in [0.2, 0.25) is 0 Å². The Balaban J connectivity index is 1.75. The molecule has 17 heavy (non-hydrogen) atoms. The molecule has 2 rings (SSSR count). The summed E-state index contributed by atoms with van der Waals surface area (Å²) in [6.45, 7) is 0.440. The fraction of sp³-hybridized carbons (Fsp3) is 0.923. The monoisotopic (exact) mass is 257 g/mol. The Morgan fingerprint density at radius 2 is 2.00 bits per heavy atom. The second-order valence-electron chi connectivity index (χ2n) is 5.43. The van der Waals surface area contributed by atoms with Crippen LogP contribution in [-0.2, 0) is 4.79 Å². The normalized spacial score (nSPS) is 31.1. The van der Waals surface area contributed by atoms with E-state index in [-0.39, 0.29) is 11.8 Å². The number of nitrogens with one attached hydrogen (secondary N) is 1. The zero-order chi connectivity index (χ0) is 12.1. The molecule has 1 unspecified atom stereocenters. The zero-order valence-electron chi connectivity index (χ0n) is 10.4. The lowest BCUT2D eigenvalue weighted by Gasteiger charge is -2.23. The highest BCUT2D eigenvalue weighted by molar-refractivity contribution is 7.99. The quantitative estimate of drug-likeness (QED) is 0.760. The van der Waals surface area contributed by atoms with Crippen LogP contribution in [0.3, 0.4) is 0 Å². The highest BCUT2D eigenvalue weighted by Gasteiger charge is 2.32. The molecule has 4 heteroatoms. The number of hydrogen-bond donors (Lipinski definition) is 2. The molecule has 0 aromatic carbocycles. The van der Waals surface area contributed by atoms with Gasteiger partial charge in [-0.3, -0.25) is 4.79 Å². The fourth-order valence-corrected chi connectivity index (χ4v) is 3.97. The summed E-state index contributed by atoms with van der Waals surface area (Å²) in [6, 6.07) is 0. The minimum absolute atomic E-state index is 0.164. The first-order chi connectivity index (χ1) is 8.20. The summed E-state index contributed by atoms with van der Waals surface area (Å²) in [5, 5.41) is 13.1. The van der Waals surface area contributed by atoms with Crippen LogP contribution in [0.5, 0.6) is 0 Å². The molecule has 1 saturated carbocycles. The van der Waals surface area contributed by atoms with Gasteiger partial charge in [-0.05, 0) is 25.0 Å². The maximum atomic E-state index is 12.0. The van der Waals surface area contributed by atoms with Gasteiger partial charge in [-0.2, -0.15) is 11.8 Å². The van der Waals surface area contributed by atoms with Gasteiger partial charge in [0, 0.05) is 18.2 Å². The van der Waals surface area contributed by atoms with Crippen LogP contribution in [0, 0.1) is 5.92 Å². The molecular formula is C13H23NO2S. The lowest BCUT2D eigenvalue weighted by atomic mass is 9.98. The van der Waals surface area contributed by atoms with Crippen molar-refractivity contribution in [2.45, 2.75) is 50.5 Å². The Morgan fingerprint density at radius 3 is 2.59 bits per heavy atom. The molecule has 98 valence electrons. The third-order valence-corrected chi connectivity index (χ3v) is 5.13. The van der Waals surface area contributed by atoms with Crippen LogP contribution in [0.25, 0.3) is 0 Å². The van der Waals surface area contributed by atoms with Crippen molar-refractivity contribution in [2.75, 3.05) is 18.1 Å². The lowest BCUT2D eigenvalue weighted by Crippen LogP contribution is -2.44. The van der Waals surface area contributed by atoms with E-state index in [9.17, 15) is 9.90 Å². The summed E-state index contributed by atoms with van der Waals surface area (Å²) in [4.78, 5) is 12.0. The third kappa shape index (κ3) is 3.88. The third-order valence-electron chi connectivity index (χ3n) is 3.90. The van der Waals surface area contributed by atoms with Crippen LogP contribution in [0.1, 0.15) is 44.9 Å². The number of hydrogen-bond acceptors (Lipinski definition) is 3. The molecule has 0 spiro atoms. The van der Waals surface area contributed by atoms with Crippen molar-refractivity contribution in [1.82, 2.24) is 5.32 Å². The first-order valence-corrected chi connectivity index (χ1v) is 7.93. The molecule has 2 N–H and O–H groups in total. The van der Waals surface area contributed by atoms with Gasteiger partial charge in [0.05, 0.1) is 5.60 Å². The maximum absolute atomic E-state index is 12.0. The van der Waals surface area contributed by atoms with Crippen molar-refractivity contribution in [3.05, 3.63) is 0 Å². The summed E-state index contributed by atoms with van der Waals surface area (Å²) < 4.78 is 0. The van der Waals surface area contributed by atoms with E-state index in [2.05, 4.69) is 5.32 Å². The van der Waals surface area contributed by atoms with Crippen molar-refractivity contribution in [3.8, 4) is 0 Å². The largest absolute Gasteiger partial charge is 0.387 e. The molecule has 0 radical (unpaired) electrons. The van der Waals surface area contributed by atoms with Crippen molar-refractivity contribution in [1.29, 1.82) is 0 Å². The number of thioether (sulfide) groups is 1. The molecule has 1 aliphatic heterocycles. The smallest absolute Gasteiger partial charge is 0.223 e. The molecule has 2 aliphatic rings. The standard InChI is InChI=1S/C13H23NO2S/c15-12(11-5-3-1-2-4-6-11)14-9-13(16)7-8-17-10-13/h11,16H,1-10H2,(H,14,15). The van der Waals surface area contributed by atoms with Crippen molar-refractivity contribution in [3.63, 3.8) is 0 Å². The van der Waals surface area contributed by atoms with Gasteiger partial charge in [0.25, 0.3) is 0 Å². The number of carbonyl (C=O) groups excluding carboxylic acids is 1. The molecular weight excluding hydrogens is 234 g/mol. The van der Waals surface area contributed by atoms with Crippen LogP contribution in [0.15, 0.2) is 0 Å². The number of aliphatic hydroxyl groups is 1. The molecule has 1 saturated heterocycles. The molecule has 3 nitrogen and oxygen atoms in total. The molecule has 2 fully saturated rings. The van der Waals surface area contributed by atoms with Gasteiger partial charge in [-0.15, -0.1) is 0 Å². The molecule has 1 aliphatic carbocycles. The van der Waals surface area contributed by atoms with Crippen LogP contribution < -0.4 is 5.32 Å². The van der Waals surface area contributed by atoms with Gasteiger partial charge < -0.3 is 10.4 Å². The Kier molecular flexibility index (Phi) is 4.74. The van der Waals surface area contributed by atoms with E-state index >= 15 is 0 Å². The topological polar surface area (TPSA) is 49.3 Å². The van der Waals surface area contributed by atoms with E-state index in [1.165, 1.54) is 25.7 Å². The lowest BCUT2D eigenvalue weighted by molar-refractivity contribution is -0.126. The van der Waals surface area contributed by atoms with E-state index in [4.69, 9.17) is 0 Å². The molecule has 1 amide bonds. The second kappa shape index (κ2) is 6.10. The molecule has 0 aromatic rings. The van der Waals surface area contributed by atoms with Gasteiger partial charge in [-0.1, -0.05) is 25.7 Å². The first-order valence-electron chi connectivity index (χ1n) is 6.77.